The number of carbonyl (C=O) groups excluding carboxylic acids is 2. The standard InChI is InChI=1S/C7H11BrN2O2.C5H12O/c8-5-7(12)10-3-1-9(6-11)2-4-10;1-5(2,3)6-4/h6H,1-5H2;1-4H3. The van der Waals surface area contributed by atoms with Crippen LogP contribution in [0.5, 0.6) is 0 Å². The Morgan fingerprint density at radius 1 is 1.28 bits per heavy atom. The van der Waals surface area contributed by atoms with E-state index in [1.165, 1.54) is 0 Å². The van der Waals surface area contributed by atoms with E-state index in [9.17, 15) is 9.59 Å². The number of halogens is 1. The topological polar surface area (TPSA) is 49.9 Å². The molecular formula is C12H23BrN2O3. The maximum absolute atomic E-state index is 11.1. The van der Waals surface area contributed by atoms with Crippen LogP contribution in [0.15, 0.2) is 0 Å². The third-order valence-electron chi connectivity index (χ3n) is 2.54. The Bertz CT molecular complexity index is 259. The van der Waals surface area contributed by atoms with Gasteiger partial charge in [0.05, 0.1) is 10.9 Å². The van der Waals surface area contributed by atoms with E-state index in [1.807, 2.05) is 20.8 Å². The van der Waals surface area contributed by atoms with Crippen LogP contribution in [0.4, 0.5) is 0 Å². The Kier molecular flexibility index (Phi) is 8.18. The molecule has 18 heavy (non-hydrogen) atoms. The first kappa shape index (κ1) is 17.4. The van der Waals surface area contributed by atoms with E-state index in [0.717, 1.165) is 6.41 Å². The summed E-state index contributed by atoms with van der Waals surface area (Å²) in [4.78, 5) is 24.9. The van der Waals surface area contributed by atoms with Crippen molar-refractivity contribution in [3.63, 3.8) is 0 Å². The molecule has 0 spiro atoms. The SMILES string of the molecule is COC(C)(C)C.O=CN1CCN(C(=O)CBr)CC1. The van der Waals surface area contributed by atoms with Gasteiger partial charge in [0.1, 0.15) is 0 Å². The van der Waals surface area contributed by atoms with E-state index in [2.05, 4.69) is 15.9 Å². The number of piperazine rings is 1. The van der Waals surface area contributed by atoms with E-state index < -0.39 is 0 Å². The summed E-state index contributed by atoms with van der Waals surface area (Å²) in [7, 11) is 1.71. The number of nitrogens with zero attached hydrogens (tertiary/aromatic N) is 2. The molecule has 0 N–H and O–H groups in total. The maximum Gasteiger partial charge on any atom is 0.233 e. The Balaban J connectivity index is 0.000000411. The summed E-state index contributed by atoms with van der Waals surface area (Å²) >= 11 is 3.11. The van der Waals surface area contributed by atoms with Gasteiger partial charge in [-0.3, -0.25) is 9.59 Å². The van der Waals surface area contributed by atoms with Crippen LogP contribution in [0.3, 0.4) is 0 Å². The van der Waals surface area contributed by atoms with Crippen LogP contribution >= 0.6 is 15.9 Å². The van der Waals surface area contributed by atoms with E-state index >= 15 is 0 Å². The summed E-state index contributed by atoms with van der Waals surface area (Å²) in [5.41, 5.74) is 0.0417. The Morgan fingerprint density at radius 3 is 2.00 bits per heavy atom. The highest BCUT2D eigenvalue weighted by molar-refractivity contribution is 9.09. The third-order valence-corrected chi connectivity index (χ3v) is 3.02. The fourth-order valence-corrected chi connectivity index (χ4v) is 1.52. The number of ether oxygens (including phenoxy) is 1. The van der Waals surface area contributed by atoms with Crippen LogP contribution in [0.2, 0.25) is 0 Å². The summed E-state index contributed by atoms with van der Waals surface area (Å²) in [6.45, 7) is 8.68. The summed E-state index contributed by atoms with van der Waals surface area (Å²) in [5, 5.41) is 0.369. The molecule has 0 aromatic heterocycles. The van der Waals surface area contributed by atoms with Crippen molar-refractivity contribution in [1.82, 2.24) is 9.80 Å². The van der Waals surface area contributed by atoms with Gasteiger partial charge in [-0.25, -0.2) is 0 Å². The molecule has 1 rings (SSSR count). The monoisotopic (exact) mass is 322 g/mol. The van der Waals surface area contributed by atoms with Gasteiger partial charge in [0.15, 0.2) is 0 Å². The number of alkyl halides is 1. The molecule has 1 saturated heterocycles. The largest absolute Gasteiger partial charge is 0.379 e. The molecule has 1 aliphatic heterocycles. The summed E-state index contributed by atoms with van der Waals surface area (Å²) in [6, 6.07) is 0. The van der Waals surface area contributed by atoms with Gasteiger partial charge in [-0.15, -0.1) is 0 Å². The zero-order valence-electron chi connectivity index (χ0n) is 11.6. The van der Waals surface area contributed by atoms with Crippen molar-refractivity contribution in [3.05, 3.63) is 0 Å². The summed E-state index contributed by atoms with van der Waals surface area (Å²) in [6.07, 6.45) is 0.829. The first-order valence-corrected chi connectivity index (χ1v) is 7.04. The van der Waals surface area contributed by atoms with Gasteiger partial charge in [-0.05, 0) is 20.8 Å². The lowest BCUT2D eigenvalue weighted by Crippen LogP contribution is -2.48. The first-order chi connectivity index (χ1) is 8.34. The van der Waals surface area contributed by atoms with Gasteiger partial charge in [-0.2, -0.15) is 0 Å². The van der Waals surface area contributed by atoms with Crippen molar-refractivity contribution in [2.45, 2.75) is 26.4 Å². The fourth-order valence-electron chi connectivity index (χ4n) is 1.16. The molecule has 0 aromatic carbocycles. The lowest BCUT2D eigenvalue weighted by atomic mass is 10.2. The van der Waals surface area contributed by atoms with Gasteiger partial charge >= 0.3 is 0 Å². The van der Waals surface area contributed by atoms with Gasteiger partial charge in [0.2, 0.25) is 12.3 Å². The molecule has 0 aromatic rings. The maximum atomic E-state index is 11.1. The Morgan fingerprint density at radius 2 is 1.72 bits per heavy atom. The number of methoxy groups -OCH3 is 1. The third kappa shape index (κ3) is 7.66. The molecule has 0 bridgehead atoms. The van der Waals surface area contributed by atoms with Crippen molar-refractivity contribution < 1.29 is 14.3 Å². The molecule has 2 amide bonds. The van der Waals surface area contributed by atoms with Crippen LogP contribution < -0.4 is 0 Å². The second-order valence-electron chi connectivity index (χ2n) is 4.97. The molecule has 5 nitrogen and oxygen atoms in total. The van der Waals surface area contributed by atoms with Gasteiger partial charge in [0.25, 0.3) is 0 Å². The zero-order chi connectivity index (χ0) is 14.2. The number of hydrogen-bond donors (Lipinski definition) is 0. The predicted molar refractivity (Wildman–Crippen MR) is 74.8 cm³/mol. The molecular weight excluding hydrogens is 300 g/mol. The molecule has 1 heterocycles. The second-order valence-corrected chi connectivity index (χ2v) is 5.53. The van der Waals surface area contributed by atoms with Crippen LogP contribution in [-0.4, -0.2) is 66.3 Å². The van der Waals surface area contributed by atoms with Crippen LogP contribution in [0.25, 0.3) is 0 Å². The highest BCUT2D eigenvalue weighted by Crippen LogP contribution is 2.02. The van der Waals surface area contributed by atoms with Crippen LogP contribution in [0.1, 0.15) is 20.8 Å². The molecule has 0 radical (unpaired) electrons. The zero-order valence-corrected chi connectivity index (χ0v) is 13.2. The van der Waals surface area contributed by atoms with Crippen molar-refractivity contribution in [2.75, 3.05) is 38.6 Å². The van der Waals surface area contributed by atoms with E-state index in [1.54, 1.807) is 16.9 Å². The van der Waals surface area contributed by atoms with Crippen molar-refractivity contribution in [2.24, 2.45) is 0 Å². The van der Waals surface area contributed by atoms with Crippen LogP contribution in [-0.2, 0) is 14.3 Å². The van der Waals surface area contributed by atoms with Gasteiger partial charge < -0.3 is 14.5 Å². The number of amides is 2. The van der Waals surface area contributed by atoms with E-state index in [0.29, 0.717) is 31.5 Å². The first-order valence-electron chi connectivity index (χ1n) is 5.92. The molecule has 106 valence electrons. The average molecular weight is 323 g/mol. The smallest absolute Gasteiger partial charge is 0.233 e. The summed E-state index contributed by atoms with van der Waals surface area (Å²) < 4.78 is 4.94. The lowest BCUT2D eigenvalue weighted by molar-refractivity contribution is -0.132. The Hall–Kier alpha value is -0.620. The predicted octanol–water partition coefficient (Wildman–Crippen LogP) is 1.11. The van der Waals surface area contributed by atoms with Gasteiger partial charge in [-0.1, -0.05) is 15.9 Å². The quantitative estimate of drug-likeness (QED) is 0.565. The molecule has 0 saturated carbocycles. The molecule has 1 aliphatic rings. The highest BCUT2D eigenvalue weighted by Gasteiger charge is 2.18. The van der Waals surface area contributed by atoms with Crippen molar-refractivity contribution in [1.29, 1.82) is 0 Å². The molecule has 0 aliphatic carbocycles. The molecule has 6 heteroatoms. The lowest BCUT2D eigenvalue weighted by Gasteiger charge is -2.32. The normalized spacial score (nSPS) is 15.8. The second kappa shape index (κ2) is 8.48. The summed E-state index contributed by atoms with van der Waals surface area (Å²) in [5.74, 6) is 0.0977. The minimum atomic E-state index is 0.0417. The van der Waals surface area contributed by atoms with E-state index in [4.69, 9.17) is 4.74 Å². The van der Waals surface area contributed by atoms with E-state index in [-0.39, 0.29) is 11.5 Å². The highest BCUT2D eigenvalue weighted by atomic mass is 79.9. The molecule has 1 fully saturated rings. The van der Waals surface area contributed by atoms with Gasteiger partial charge in [0, 0.05) is 33.3 Å². The minimum Gasteiger partial charge on any atom is -0.379 e. The molecule has 0 atom stereocenters. The van der Waals surface area contributed by atoms with Crippen molar-refractivity contribution >= 4 is 28.2 Å². The number of hydrogen-bond acceptors (Lipinski definition) is 3. The fraction of sp³-hybridized carbons (Fsp3) is 0.833. The number of rotatable bonds is 2. The molecule has 0 unspecified atom stereocenters. The minimum absolute atomic E-state index is 0.0417. The average Bonchev–Trinajstić information content (AvgIpc) is 2.38. The van der Waals surface area contributed by atoms with Crippen molar-refractivity contribution in [3.8, 4) is 0 Å². The number of carbonyl (C=O) groups is 2. The Labute approximate surface area is 118 Å². The van der Waals surface area contributed by atoms with Crippen LogP contribution in [0, 0.1) is 0 Å².